The topological polar surface area (TPSA) is 58.2 Å². The zero-order valence-corrected chi connectivity index (χ0v) is 14.0. The number of aryl methyl sites for hydroxylation is 2. The second kappa shape index (κ2) is 7.13. The third-order valence-corrected chi connectivity index (χ3v) is 4.38. The van der Waals surface area contributed by atoms with Gasteiger partial charge < -0.3 is 9.64 Å². The Morgan fingerprint density at radius 3 is 2.71 bits per heavy atom. The van der Waals surface area contributed by atoms with Gasteiger partial charge in [0.15, 0.2) is 0 Å². The summed E-state index contributed by atoms with van der Waals surface area (Å²) in [5.74, 6) is -0.428. The number of hydrogen-bond acceptors (Lipinski definition) is 3. The Morgan fingerprint density at radius 1 is 1.33 bits per heavy atom. The Kier molecular flexibility index (Phi) is 4.94. The molecule has 1 aromatic carbocycles. The van der Waals surface area contributed by atoms with Gasteiger partial charge in [-0.15, -0.1) is 0 Å². The van der Waals surface area contributed by atoms with Crippen molar-refractivity contribution in [2.24, 2.45) is 0 Å². The molecule has 128 valence electrons. The van der Waals surface area contributed by atoms with Crippen molar-refractivity contribution in [1.29, 1.82) is 0 Å². The van der Waals surface area contributed by atoms with Crippen molar-refractivity contribution in [3.05, 3.63) is 52.6 Å². The fourth-order valence-electron chi connectivity index (χ4n) is 3.01. The second-order valence-corrected chi connectivity index (χ2v) is 6.29. The minimum Gasteiger partial charge on any atom is -0.381 e. The van der Waals surface area contributed by atoms with Gasteiger partial charge in [0.05, 0.1) is 5.69 Å². The van der Waals surface area contributed by atoms with Crippen LogP contribution in [0.5, 0.6) is 0 Å². The van der Waals surface area contributed by atoms with E-state index in [1.165, 1.54) is 6.07 Å². The Morgan fingerprint density at radius 2 is 2.08 bits per heavy atom. The zero-order valence-electron chi connectivity index (χ0n) is 14.0. The summed E-state index contributed by atoms with van der Waals surface area (Å²) in [4.78, 5) is 14.7. The SMILES string of the molecule is Cc1ccc(CN(C(=O)c2cc(C)n[nH]2)C2CCOCC2)c(F)c1. The number of benzene rings is 1. The molecule has 2 heterocycles. The van der Waals surface area contributed by atoms with Crippen LogP contribution in [-0.4, -0.2) is 40.3 Å². The van der Waals surface area contributed by atoms with Gasteiger partial charge in [-0.3, -0.25) is 9.89 Å². The third kappa shape index (κ3) is 3.64. The first-order valence-electron chi connectivity index (χ1n) is 8.20. The van der Waals surface area contributed by atoms with Crippen LogP contribution in [-0.2, 0) is 11.3 Å². The molecule has 5 nitrogen and oxygen atoms in total. The standard InChI is InChI=1S/C18H22FN3O2/c1-12-3-4-14(16(19)9-12)11-22(15-5-7-24-8-6-15)18(23)17-10-13(2)20-21-17/h3-4,9-10,15H,5-8,11H2,1-2H3,(H,20,21). The summed E-state index contributed by atoms with van der Waals surface area (Å²) < 4.78 is 19.7. The molecular formula is C18H22FN3O2. The highest BCUT2D eigenvalue weighted by Crippen LogP contribution is 2.21. The molecule has 1 aromatic heterocycles. The lowest BCUT2D eigenvalue weighted by molar-refractivity contribution is 0.0261. The maximum absolute atomic E-state index is 14.3. The number of aromatic nitrogens is 2. The van der Waals surface area contributed by atoms with Gasteiger partial charge in [0.2, 0.25) is 0 Å². The van der Waals surface area contributed by atoms with E-state index in [-0.39, 0.29) is 24.3 Å². The van der Waals surface area contributed by atoms with E-state index in [2.05, 4.69) is 10.2 Å². The smallest absolute Gasteiger partial charge is 0.272 e. The molecule has 1 amide bonds. The first-order chi connectivity index (χ1) is 11.5. The fourth-order valence-corrected chi connectivity index (χ4v) is 3.01. The molecular weight excluding hydrogens is 309 g/mol. The highest BCUT2D eigenvalue weighted by molar-refractivity contribution is 5.92. The van der Waals surface area contributed by atoms with Gasteiger partial charge in [-0.05, 0) is 44.4 Å². The molecule has 0 spiro atoms. The van der Waals surface area contributed by atoms with Crippen LogP contribution in [0.3, 0.4) is 0 Å². The molecule has 6 heteroatoms. The number of rotatable bonds is 4. The summed E-state index contributed by atoms with van der Waals surface area (Å²) in [6.45, 7) is 5.15. The molecule has 1 saturated heterocycles. The summed E-state index contributed by atoms with van der Waals surface area (Å²) in [7, 11) is 0. The first-order valence-corrected chi connectivity index (χ1v) is 8.20. The van der Waals surface area contributed by atoms with Gasteiger partial charge in [-0.25, -0.2) is 4.39 Å². The zero-order chi connectivity index (χ0) is 17.1. The molecule has 3 rings (SSSR count). The molecule has 1 aliphatic rings. The molecule has 0 saturated carbocycles. The molecule has 0 bridgehead atoms. The first kappa shape index (κ1) is 16.6. The number of hydrogen-bond donors (Lipinski definition) is 1. The number of halogens is 1. The average molecular weight is 331 g/mol. The van der Waals surface area contributed by atoms with Gasteiger partial charge in [-0.2, -0.15) is 5.10 Å². The summed E-state index contributed by atoms with van der Waals surface area (Å²) in [6, 6.07) is 6.88. The van der Waals surface area contributed by atoms with E-state index in [1.54, 1.807) is 17.0 Å². The van der Waals surface area contributed by atoms with Gasteiger partial charge in [0, 0.05) is 31.4 Å². The lowest BCUT2D eigenvalue weighted by atomic mass is 10.0. The summed E-state index contributed by atoms with van der Waals surface area (Å²) in [6.07, 6.45) is 1.51. The second-order valence-electron chi connectivity index (χ2n) is 6.29. The van der Waals surface area contributed by atoms with E-state index >= 15 is 0 Å². The molecule has 0 radical (unpaired) electrons. The number of carbonyl (C=O) groups is 1. The van der Waals surface area contributed by atoms with Crippen molar-refractivity contribution in [1.82, 2.24) is 15.1 Å². The molecule has 2 aromatic rings. The summed E-state index contributed by atoms with van der Waals surface area (Å²) in [5, 5.41) is 6.80. The van der Waals surface area contributed by atoms with E-state index in [1.807, 2.05) is 19.9 Å². The van der Waals surface area contributed by atoms with Gasteiger partial charge in [-0.1, -0.05) is 12.1 Å². The number of amides is 1. The maximum atomic E-state index is 14.3. The van der Waals surface area contributed by atoms with Crippen LogP contribution in [0.1, 0.15) is 40.2 Å². The van der Waals surface area contributed by atoms with E-state index in [4.69, 9.17) is 4.74 Å². The van der Waals surface area contributed by atoms with Crippen LogP contribution in [0.25, 0.3) is 0 Å². The van der Waals surface area contributed by atoms with Crippen LogP contribution in [0.15, 0.2) is 24.3 Å². The molecule has 0 atom stereocenters. The van der Waals surface area contributed by atoms with Crippen molar-refractivity contribution >= 4 is 5.91 Å². The molecule has 24 heavy (non-hydrogen) atoms. The Bertz CT molecular complexity index is 723. The van der Waals surface area contributed by atoms with E-state index in [9.17, 15) is 9.18 Å². The number of carbonyl (C=O) groups excluding carboxylic acids is 1. The fraction of sp³-hybridized carbons (Fsp3) is 0.444. The van der Waals surface area contributed by atoms with Crippen molar-refractivity contribution in [3.8, 4) is 0 Å². The van der Waals surface area contributed by atoms with Gasteiger partial charge >= 0.3 is 0 Å². The van der Waals surface area contributed by atoms with Crippen LogP contribution >= 0.6 is 0 Å². The number of nitrogens with one attached hydrogen (secondary N) is 1. The van der Waals surface area contributed by atoms with Gasteiger partial charge in [0.1, 0.15) is 11.5 Å². The van der Waals surface area contributed by atoms with E-state index in [0.717, 1.165) is 24.1 Å². The van der Waals surface area contributed by atoms with Crippen molar-refractivity contribution in [2.75, 3.05) is 13.2 Å². The van der Waals surface area contributed by atoms with Gasteiger partial charge in [0.25, 0.3) is 5.91 Å². The Labute approximate surface area is 140 Å². The van der Waals surface area contributed by atoms with Crippen molar-refractivity contribution in [2.45, 2.75) is 39.3 Å². The number of H-pyrrole nitrogens is 1. The maximum Gasteiger partial charge on any atom is 0.272 e. The highest BCUT2D eigenvalue weighted by atomic mass is 19.1. The molecule has 0 aliphatic carbocycles. The minimum absolute atomic E-state index is 0.0376. The van der Waals surface area contributed by atoms with Crippen LogP contribution in [0.2, 0.25) is 0 Å². The van der Waals surface area contributed by atoms with Crippen LogP contribution in [0, 0.1) is 19.7 Å². The van der Waals surface area contributed by atoms with Crippen molar-refractivity contribution < 1.29 is 13.9 Å². The summed E-state index contributed by atoms with van der Waals surface area (Å²) >= 11 is 0. The van der Waals surface area contributed by atoms with Crippen LogP contribution < -0.4 is 0 Å². The molecule has 1 aliphatic heterocycles. The van der Waals surface area contributed by atoms with E-state index in [0.29, 0.717) is 24.5 Å². The Balaban J connectivity index is 1.87. The minimum atomic E-state index is -0.277. The number of nitrogens with zero attached hydrogens (tertiary/aromatic N) is 2. The average Bonchev–Trinajstić information content (AvgIpc) is 3.01. The monoisotopic (exact) mass is 331 g/mol. The van der Waals surface area contributed by atoms with E-state index < -0.39 is 0 Å². The quantitative estimate of drug-likeness (QED) is 0.937. The third-order valence-electron chi connectivity index (χ3n) is 4.38. The van der Waals surface area contributed by atoms with Crippen molar-refractivity contribution in [3.63, 3.8) is 0 Å². The lowest BCUT2D eigenvalue weighted by Crippen LogP contribution is -2.43. The highest BCUT2D eigenvalue weighted by Gasteiger charge is 2.28. The van der Waals surface area contributed by atoms with Crippen LogP contribution in [0.4, 0.5) is 4.39 Å². The summed E-state index contributed by atoms with van der Waals surface area (Å²) in [5.41, 5.74) is 2.58. The predicted octanol–water partition coefficient (Wildman–Crippen LogP) is 2.99. The molecule has 1 fully saturated rings. The number of aromatic amines is 1. The molecule has 0 unspecified atom stereocenters. The molecule has 1 N–H and O–H groups in total. The Hall–Kier alpha value is -2.21. The normalized spacial score (nSPS) is 15.5. The predicted molar refractivity (Wildman–Crippen MR) is 88.2 cm³/mol. The number of ether oxygens (including phenoxy) is 1. The lowest BCUT2D eigenvalue weighted by Gasteiger charge is -2.34. The largest absolute Gasteiger partial charge is 0.381 e.